The first kappa shape index (κ1) is 18.8. The van der Waals surface area contributed by atoms with Gasteiger partial charge in [-0.1, -0.05) is 30.3 Å². The summed E-state index contributed by atoms with van der Waals surface area (Å²) >= 11 is 0. The van der Waals surface area contributed by atoms with Gasteiger partial charge in [0.25, 0.3) is 5.91 Å². The number of aliphatic carboxylic acids is 1. The molecule has 1 aliphatic carbocycles. The van der Waals surface area contributed by atoms with Gasteiger partial charge in [-0.2, -0.15) is 0 Å². The van der Waals surface area contributed by atoms with E-state index < -0.39 is 23.7 Å². The number of benzene rings is 2. The minimum atomic E-state index is -1.12. The zero-order chi connectivity index (χ0) is 20.9. The van der Waals surface area contributed by atoms with Crippen molar-refractivity contribution in [3.05, 3.63) is 48.0 Å². The molecule has 8 nitrogen and oxygen atoms in total. The Bertz CT molecular complexity index is 1060. The summed E-state index contributed by atoms with van der Waals surface area (Å²) in [7, 11) is 0. The topological polar surface area (TPSA) is 105 Å². The first-order chi connectivity index (χ1) is 14.5. The Morgan fingerprint density at radius 2 is 1.70 bits per heavy atom. The minimum Gasteiger partial charge on any atom is -0.480 e. The minimum absolute atomic E-state index is 0.0360. The highest BCUT2D eigenvalue weighted by molar-refractivity contribution is 6.06. The summed E-state index contributed by atoms with van der Waals surface area (Å²) < 4.78 is 11.1. The zero-order valence-electron chi connectivity index (χ0n) is 16.1. The number of fused-ring (bicyclic) bond motifs is 4. The van der Waals surface area contributed by atoms with Crippen LogP contribution in [0.25, 0.3) is 22.3 Å². The molecule has 0 bridgehead atoms. The van der Waals surface area contributed by atoms with E-state index in [1.165, 1.54) is 4.90 Å². The monoisotopic (exact) mass is 408 g/mol. The lowest BCUT2D eigenvalue weighted by Gasteiger charge is -2.24. The van der Waals surface area contributed by atoms with Crippen molar-refractivity contribution >= 4 is 17.8 Å². The fourth-order valence-electron chi connectivity index (χ4n) is 4.42. The van der Waals surface area contributed by atoms with Gasteiger partial charge in [0.2, 0.25) is 5.91 Å². The third-order valence-electron chi connectivity index (χ3n) is 5.90. The Morgan fingerprint density at radius 1 is 1.03 bits per heavy atom. The van der Waals surface area contributed by atoms with E-state index >= 15 is 0 Å². The predicted molar refractivity (Wildman–Crippen MR) is 106 cm³/mol. The smallest absolute Gasteiger partial charge is 0.326 e. The van der Waals surface area contributed by atoms with Gasteiger partial charge in [-0.3, -0.25) is 9.59 Å². The average Bonchev–Trinajstić information content (AvgIpc) is 3.37. The number of hydrogen-bond acceptors (Lipinski definition) is 5. The maximum atomic E-state index is 12.7. The number of carbonyl (C=O) groups excluding carboxylic acids is 2. The number of nitrogens with zero attached hydrogens (tertiary/aromatic N) is 1. The molecule has 1 spiro atoms. The molecule has 2 saturated heterocycles. The van der Waals surface area contributed by atoms with Crippen molar-refractivity contribution in [2.24, 2.45) is 0 Å². The standard InChI is InChI=1S/C22H20N2O6/c25-19(24-12-22(29-7-8-30-22)10-18(24)21(27)28)11-23-20(26)13-5-6-16-14-3-1-2-4-15(14)17(16)9-13/h1-6,9,18H,7-8,10-12H2,(H,23,26)(H,27,28)/t18-/m0/s1. The number of likely N-dealkylation sites (tertiary alicyclic amines) is 1. The second-order valence-corrected chi connectivity index (χ2v) is 7.68. The van der Waals surface area contributed by atoms with Crippen molar-refractivity contribution in [1.29, 1.82) is 0 Å². The maximum Gasteiger partial charge on any atom is 0.326 e. The highest BCUT2D eigenvalue weighted by Crippen LogP contribution is 2.47. The molecule has 8 heteroatoms. The molecule has 0 unspecified atom stereocenters. The summed E-state index contributed by atoms with van der Waals surface area (Å²) in [5.74, 6) is -3.05. The van der Waals surface area contributed by atoms with Crippen molar-refractivity contribution in [1.82, 2.24) is 10.2 Å². The van der Waals surface area contributed by atoms with E-state index in [0.29, 0.717) is 18.8 Å². The van der Waals surface area contributed by atoms with Crippen molar-refractivity contribution < 1.29 is 29.0 Å². The van der Waals surface area contributed by atoms with Crippen molar-refractivity contribution in [2.45, 2.75) is 18.2 Å². The maximum absolute atomic E-state index is 12.7. The highest BCUT2D eigenvalue weighted by Gasteiger charge is 2.52. The number of carboxylic acids is 1. The Kier molecular flexibility index (Phi) is 4.34. The van der Waals surface area contributed by atoms with Gasteiger partial charge in [-0.05, 0) is 34.4 Å². The van der Waals surface area contributed by atoms with E-state index in [1.807, 2.05) is 36.4 Å². The van der Waals surface area contributed by atoms with E-state index in [4.69, 9.17) is 9.47 Å². The van der Waals surface area contributed by atoms with Crippen LogP contribution in [-0.4, -0.2) is 65.9 Å². The van der Waals surface area contributed by atoms with Crippen LogP contribution in [0.1, 0.15) is 16.8 Å². The first-order valence-electron chi connectivity index (χ1n) is 9.80. The van der Waals surface area contributed by atoms with E-state index in [1.54, 1.807) is 6.07 Å². The SMILES string of the molecule is O=C(NCC(=O)N1CC2(C[C@H]1C(=O)O)OCCO2)c1ccc2c(c1)-c1ccccc1-2. The molecule has 3 aliphatic rings. The van der Waals surface area contributed by atoms with E-state index in [-0.39, 0.29) is 25.4 Å². The number of ether oxygens (including phenoxy) is 2. The average molecular weight is 408 g/mol. The molecule has 5 rings (SSSR count). The molecule has 2 aromatic carbocycles. The van der Waals surface area contributed by atoms with Crippen LogP contribution in [-0.2, 0) is 19.1 Å². The van der Waals surface area contributed by atoms with Crippen LogP contribution >= 0.6 is 0 Å². The molecule has 0 saturated carbocycles. The number of carbonyl (C=O) groups is 3. The molecule has 1 atom stereocenters. The van der Waals surface area contributed by atoms with Gasteiger partial charge in [0.15, 0.2) is 5.79 Å². The molecular weight excluding hydrogens is 388 g/mol. The summed E-state index contributed by atoms with van der Waals surface area (Å²) in [5.41, 5.74) is 4.82. The Hall–Kier alpha value is -3.23. The van der Waals surface area contributed by atoms with E-state index in [0.717, 1.165) is 22.3 Å². The van der Waals surface area contributed by atoms with Crippen molar-refractivity contribution in [3.63, 3.8) is 0 Å². The normalized spacial score (nSPS) is 20.4. The van der Waals surface area contributed by atoms with Crippen LogP contribution in [0.5, 0.6) is 0 Å². The zero-order valence-corrected chi connectivity index (χ0v) is 16.1. The Balaban J connectivity index is 1.25. The van der Waals surface area contributed by atoms with Gasteiger partial charge >= 0.3 is 5.97 Å². The van der Waals surface area contributed by atoms with Gasteiger partial charge in [-0.15, -0.1) is 0 Å². The van der Waals surface area contributed by atoms with Crippen LogP contribution in [0.3, 0.4) is 0 Å². The van der Waals surface area contributed by atoms with Gasteiger partial charge in [0, 0.05) is 12.0 Å². The van der Waals surface area contributed by atoms with Gasteiger partial charge in [0.1, 0.15) is 6.04 Å². The third kappa shape index (κ3) is 2.96. The number of rotatable bonds is 4. The first-order valence-corrected chi connectivity index (χ1v) is 9.80. The van der Waals surface area contributed by atoms with Crippen LogP contribution in [0.2, 0.25) is 0 Å². The van der Waals surface area contributed by atoms with Gasteiger partial charge in [-0.25, -0.2) is 4.79 Å². The van der Waals surface area contributed by atoms with Crippen LogP contribution < -0.4 is 5.32 Å². The fraction of sp³-hybridized carbons (Fsp3) is 0.318. The summed E-state index contributed by atoms with van der Waals surface area (Å²) in [5, 5.41) is 12.1. The molecule has 0 aromatic heterocycles. The molecule has 2 N–H and O–H groups in total. The Labute approximate surface area is 172 Å². The Morgan fingerprint density at radius 3 is 2.40 bits per heavy atom. The molecule has 2 aromatic rings. The second-order valence-electron chi connectivity index (χ2n) is 7.68. The van der Waals surface area contributed by atoms with Crippen LogP contribution in [0.15, 0.2) is 42.5 Å². The number of amides is 2. The lowest BCUT2D eigenvalue weighted by atomic mass is 9.80. The predicted octanol–water partition coefficient (Wildman–Crippen LogP) is 1.49. The summed E-state index contributed by atoms with van der Waals surface area (Å²) in [6.07, 6.45) is 0.0756. The van der Waals surface area contributed by atoms with Gasteiger partial charge < -0.3 is 24.8 Å². The van der Waals surface area contributed by atoms with Crippen molar-refractivity contribution in [2.75, 3.05) is 26.3 Å². The summed E-state index contributed by atoms with van der Waals surface area (Å²) in [4.78, 5) is 38.1. The third-order valence-corrected chi connectivity index (χ3v) is 5.90. The second kappa shape index (κ2) is 6.93. The molecule has 2 fully saturated rings. The molecular formula is C22H20N2O6. The number of hydrogen-bond donors (Lipinski definition) is 2. The summed E-state index contributed by atoms with van der Waals surface area (Å²) in [6.45, 7) is 0.472. The molecule has 154 valence electrons. The lowest BCUT2D eigenvalue weighted by Crippen LogP contribution is -2.46. The molecule has 2 aliphatic heterocycles. The molecule has 30 heavy (non-hydrogen) atoms. The van der Waals surface area contributed by atoms with Crippen LogP contribution in [0.4, 0.5) is 0 Å². The van der Waals surface area contributed by atoms with Crippen molar-refractivity contribution in [3.8, 4) is 22.3 Å². The lowest BCUT2D eigenvalue weighted by molar-refractivity contribution is -0.152. The largest absolute Gasteiger partial charge is 0.480 e. The number of nitrogens with one attached hydrogen (secondary N) is 1. The van der Waals surface area contributed by atoms with Crippen LogP contribution in [0, 0.1) is 0 Å². The highest BCUT2D eigenvalue weighted by atomic mass is 16.7. The quantitative estimate of drug-likeness (QED) is 0.678. The van der Waals surface area contributed by atoms with E-state index in [2.05, 4.69) is 5.32 Å². The fourth-order valence-corrected chi connectivity index (χ4v) is 4.42. The molecule has 0 radical (unpaired) electrons. The van der Waals surface area contributed by atoms with E-state index in [9.17, 15) is 19.5 Å². The molecule has 2 amide bonds. The van der Waals surface area contributed by atoms with Gasteiger partial charge in [0.05, 0.1) is 26.3 Å². The number of carboxylic acid groups (broad SMARTS) is 1. The summed E-state index contributed by atoms with van der Waals surface area (Å²) in [6, 6.07) is 12.4. The molecule has 2 heterocycles.